The fraction of sp³-hybridized carbons (Fsp3) is 0.300. The molecule has 4 rings (SSSR count). The molecule has 0 aliphatic carbocycles. The van der Waals surface area contributed by atoms with Crippen LogP contribution >= 0.6 is 0 Å². The minimum Gasteiger partial charge on any atom is -0.373 e. The van der Waals surface area contributed by atoms with E-state index in [-0.39, 0.29) is 11.6 Å². The van der Waals surface area contributed by atoms with Crippen LogP contribution in [-0.4, -0.2) is 41.3 Å². The molecule has 0 bridgehead atoms. The average Bonchev–Trinajstić information content (AvgIpc) is 3.16. The van der Waals surface area contributed by atoms with Crippen LogP contribution < -0.4 is 5.32 Å². The van der Waals surface area contributed by atoms with E-state index in [4.69, 9.17) is 4.74 Å². The first-order chi connectivity index (χ1) is 12.7. The third kappa shape index (κ3) is 3.04. The topological polar surface area (TPSA) is 70.2 Å². The number of hydrogen-bond donors (Lipinski definition) is 2. The Morgan fingerprint density at radius 1 is 1.19 bits per heavy atom. The molecule has 134 valence electrons. The van der Waals surface area contributed by atoms with Gasteiger partial charge in [0, 0.05) is 31.3 Å². The summed E-state index contributed by atoms with van der Waals surface area (Å²) in [6.45, 7) is 1.31. The number of carbonyl (C=O) groups is 1. The average molecular weight is 350 g/mol. The van der Waals surface area contributed by atoms with Gasteiger partial charge >= 0.3 is 6.03 Å². The highest BCUT2D eigenvalue weighted by Gasteiger charge is 2.37. The number of aromatic amines is 1. The second-order valence-electron chi connectivity index (χ2n) is 6.65. The number of amides is 2. The van der Waals surface area contributed by atoms with Crippen molar-refractivity contribution in [2.75, 3.05) is 25.5 Å². The number of ether oxygens (including phenoxy) is 1. The fourth-order valence-corrected chi connectivity index (χ4v) is 3.65. The van der Waals surface area contributed by atoms with Crippen LogP contribution in [0.1, 0.15) is 18.4 Å². The number of carbonyl (C=O) groups excluding carboxylic acids is 1. The number of H-pyrrole nitrogens is 1. The second kappa shape index (κ2) is 6.80. The Morgan fingerprint density at radius 2 is 1.96 bits per heavy atom. The molecule has 3 aromatic rings. The van der Waals surface area contributed by atoms with Crippen molar-refractivity contribution < 1.29 is 9.53 Å². The van der Waals surface area contributed by atoms with Gasteiger partial charge < -0.3 is 15.0 Å². The summed E-state index contributed by atoms with van der Waals surface area (Å²) >= 11 is 0. The molecule has 6 heteroatoms. The van der Waals surface area contributed by atoms with Gasteiger partial charge in [-0.2, -0.15) is 5.10 Å². The molecule has 26 heavy (non-hydrogen) atoms. The molecule has 1 aliphatic heterocycles. The van der Waals surface area contributed by atoms with Crippen LogP contribution in [0.3, 0.4) is 0 Å². The van der Waals surface area contributed by atoms with Crippen molar-refractivity contribution in [2.24, 2.45) is 0 Å². The molecular formula is C20H22N4O2. The van der Waals surface area contributed by atoms with E-state index in [0.717, 1.165) is 29.4 Å². The quantitative estimate of drug-likeness (QED) is 0.756. The van der Waals surface area contributed by atoms with Gasteiger partial charge in [-0.3, -0.25) is 5.10 Å². The number of anilines is 1. The van der Waals surface area contributed by atoms with E-state index >= 15 is 0 Å². The maximum atomic E-state index is 12.6. The van der Waals surface area contributed by atoms with Crippen LogP contribution in [0.25, 0.3) is 10.9 Å². The lowest BCUT2D eigenvalue weighted by atomic mass is 9.84. The zero-order chi connectivity index (χ0) is 18.0. The first kappa shape index (κ1) is 16.6. The van der Waals surface area contributed by atoms with Crippen LogP contribution in [0.2, 0.25) is 0 Å². The fourth-order valence-electron chi connectivity index (χ4n) is 3.65. The molecular weight excluding hydrogens is 328 g/mol. The van der Waals surface area contributed by atoms with Gasteiger partial charge in [0.25, 0.3) is 0 Å². The molecule has 0 radical (unpaired) electrons. The van der Waals surface area contributed by atoms with Gasteiger partial charge in [-0.25, -0.2) is 4.79 Å². The highest BCUT2D eigenvalue weighted by Crippen LogP contribution is 2.36. The largest absolute Gasteiger partial charge is 0.373 e. The maximum absolute atomic E-state index is 12.6. The summed E-state index contributed by atoms with van der Waals surface area (Å²) in [5.74, 6) is 0. The molecule has 1 aliphatic rings. The molecule has 2 heterocycles. The third-order valence-corrected chi connectivity index (χ3v) is 5.24. The summed E-state index contributed by atoms with van der Waals surface area (Å²) in [6.07, 6.45) is 3.31. The van der Waals surface area contributed by atoms with E-state index in [0.29, 0.717) is 13.1 Å². The lowest BCUT2D eigenvalue weighted by Crippen LogP contribution is -2.47. The minimum absolute atomic E-state index is 0.0781. The van der Waals surface area contributed by atoms with Crippen molar-refractivity contribution in [1.82, 2.24) is 15.1 Å². The number of nitrogens with zero attached hydrogens (tertiary/aromatic N) is 2. The lowest BCUT2D eigenvalue weighted by molar-refractivity contribution is -0.0548. The predicted octanol–water partition coefficient (Wildman–Crippen LogP) is 3.73. The van der Waals surface area contributed by atoms with Gasteiger partial charge in [0.1, 0.15) is 0 Å². The molecule has 0 spiro atoms. The summed E-state index contributed by atoms with van der Waals surface area (Å²) in [4.78, 5) is 14.5. The van der Waals surface area contributed by atoms with Crippen LogP contribution in [0, 0.1) is 0 Å². The zero-order valence-corrected chi connectivity index (χ0v) is 14.7. The van der Waals surface area contributed by atoms with E-state index < -0.39 is 0 Å². The Balaban J connectivity index is 1.43. The Morgan fingerprint density at radius 3 is 2.69 bits per heavy atom. The highest BCUT2D eigenvalue weighted by molar-refractivity contribution is 5.92. The van der Waals surface area contributed by atoms with Gasteiger partial charge in [-0.1, -0.05) is 30.3 Å². The van der Waals surface area contributed by atoms with Crippen LogP contribution in [-0.2, 0) is 10.3 Å². The number of hydrogen-bond acceptors (Lipinski definition) is 3. The number of piperidine rings is 1. The molecule has 1 fully saturated rings. The number of nitrogens with one attached hydrogen (secondary N) is 2. The maximum Gasteiger partial charge on any atom is 0.321 e. The van der Waals surface area contributed by atoms with Gasteiger partial charge in [0.05, 0.1) is 17.3 Å². The van der Waals surface area contributed by atoms with Gasteiger partial charge in [0.15, 0.2) is 0 Å². The first-order valence-corrected chi connectivity index (χ1v) is 8.80. The summed E-state index contributed by atoms with van der Waals surface area (Å²) in [5.41, 5.74) is 2.59. The second-order valence-corrected chi connectivity index (χ2v) is 6.65. The smallest absolute Gasteiger partial charge is 0.321 e. The Kier molecular flexibility index (Phi) is 4.34. The van der Waals surface area contributed by atoms with Crippen molar-refractivity contribution in [1.29, 1.82) is 0 Å². The molecule has 0 unspecified atom stereocenters. The van der Waals surface area contributed by atoms with E-state index in [1.165, 1.54) is 5.56 Å². The number of fused-ring (bicyclic) bond motifs is 1. The van der Waals surface area contributed by atoms with Crippen LogP contribution in [0.5, 0.6) is 0 Å². The Hall–Kier alpha value is -2.86. The standard InChI is InChI=1S/C20H22N4O2/c1-26-20(16-5-3-2-4-6-16)9-11-24(12-10-20)19(25)22-17-7-8-18-15(13-17)14-21-23-18/h2-8,13-14H,9-12H2,1H3,(H,21,23)(H,22,25). The van der Waals surface area contributed by atoms with Crippen LogP contribution in [0.15, 0.2) is 54.7 Å². The lowest BCUT2D eigenvalue weighted by Gasteiger charge is -2.41. The van der Waals surface area contributed by atoms with Gasteiger partial charge in [-0.05, 0) is 36.6 Å². The number of benzene rings is 2. The Bertz CT molecular complexity index is 898. The molecule has 2 N–H and O–H groups in total. The SMILES string of the molecule is COC1(c2ccccc2)CCN(C(=O)Nc2ccc3[nH]ncc3c2)CC1. The molecule has 2 aromatic carbocycles. The van der Waals surface area contributed by atoms with E-state index in [9.17, 15) is 4.79 Å². The summed E-state index contributed by atoms with van der Waals surface area (Å²) in [6, 6.07) is 15.9. The van der Waals surface area contributed by atoms with Gasteiger partial charge in [-0.15, -0.1) is 0 Å². The van der Waals surface area contributed by atoms with E-state index in [2.05, 4.69) is 27.6 Å². The number of urea groups is 1. The zero-order valence-electron chi connectivity index (χ0n) is 14.7. The van der Waals surface area contributed by atoms with E-state index in [1.54, 1.807) is 13.3 Å². The van der Waals surface area contributed by atoms with Crippen molar-refractivity contribution in [3.05, 3.63) is 60.3 Å². The monoisotopic (exact) mass is 350 g/mol. The van der Waals surface area contributed by atoms with Crippen molar-refractivity contribution in [3.63, 3.8) is 0 Å². The van der Waals surface area contributed by atoms with Crippen molar-refractivity contribution in [2.45, 2.75) is 18.4 Å². The third-order valence-electron chi connectivity index (χ3n) is 5.24. The van der Waals surface area contributed by atoms with Crippen LogP contribution in [0.4, 0.5) is 10.5 Å². The van der Waals surface area contributed by atoms with Crippen molar-refractivity contribution in [3.8, 4) is 0 Å². The summed E-state index contributed by atoms with van der Waals surface area (Å²) in [5, 5.41) is 10.9. The first-order valence-electron chi connectivity index (χ1n) is 8.80. The summed E-state index contributed by atoms with van der Waals surface area (Å²) in [7, 11) is 1.75. The molecule has 6 nitrogen and oxygen atoms in total. The molecule has 1 saturated heterocycles. The number of aromatic nitrogens is 2. The normalized spacial score (nSPS) is 16.6. The Labute approximate surface area is 152 Å². The molecule has 1 aromatic heterocycles. The predicted molar refractivity (Wildman–Crippen MR) is 101 cm³/mol. The minimum atomic E-state index is -0.312. The molecule has 0 atom stereocenters. The highest BCUT2D eigenvalue weighted by atomic mass is 16.5. The number of methoxy groups -OCH3 is 1. The van der Waals surface area contributed by atoms with E-state index in [1.807, 2.05) is 41.3 Å². The van der Waals surface area contributed by atoms with Gasteiger partial charge in [0.2, 0.25) is 0 Å². The molecule has 2 amide bonds. The summed E-state index contributed by atoms with van der Waals surface area (Å²) < 4.78 is 5.88. The molecule has 0 saturated carbocycles. The van der Waals surface area contributed by atoms with Crippen molar-refractivity contribution >= 4 is 22.6 Å². The number of rotatable bonds is 3. The number of likely N-dealkylation sites (tertiary alicyclic amines) is 1.